The molecule has 110 valence electrons. The molecular formula is C15H23ClN4. The molecule has 2 heterocycles. The molecule has 1 atom stereocenters. The van der Waals surface area contributed by atoms with Crippen LogP contribution in [0, 0.1) is 5.92 Å². The van der Waals surface area contributed by atoms with Crippen molar-refractivity contribution in [1.29, 1.82) is 0 Å². The predicted molar refractivity (Wildman–Crippen MR) is 84.7 cm³/mol. The zero-order valence-electron chi connectivity index (χ0n) is 12.4. The lowest BCUT2D eigenvalue weighted by Gasteiger charge is -2.14. The van der Waals surface area contributed by atoms with E-state index in [-0.39, 0.29) is 0 Å². The van der Waals surface area contributed by atoms with Gasteiger partial charge in [-0.3, -0.25) is 0 Å². The van der Waals surface area contributed by atoms with Gasteiger partial charge in [0.15, 0.2) is 5.82 Å². The summed E-state index contributed by atoms with van der Waals surface area (Å²) in [5, 5.41) is 8.02. The van der Waals surface area contributed by atoms with Crippen molar-refractivity contribution in [2.24, 2.45) is 5.92 Å². The van der Waals surface area contributed by atoms with E-state index in [1.165, 1.54) is 0 Å². The minimum Gasteiger partial charge on any atom is -0.368 e. The number of aromatic nitrogens is 3. The van der Waals surface area contributed by atoms with Gasteiger partial charge in [-0.1, -0.05) is 27.2 Å². The van der Waals surface area contributed by atoms with Crippen molar-refractivity contribution in [1.82, 2.24) is 14.6 Å². The normalized spacial score (nSPS) is 13.1. The Labute approximate surface area is 125 Å². The van der Waals surface area contributed by atoms with Gasteiger partial charge in [-0.2, -0.15) is 5.10 Å². The van der Waals surface area contributed by atoms with Crippen LogP contribution in [0.5, 0.6) is 0 Å². The van der Waals surface area contributed by atoms with Crippen LogP contribution < -0.4 is 5.32 Å². The van der Waals surface area contributed by atoms with E-state index in [1.807, 2.05) is 10.7 Å². The van der Waals surface area contributed by atoms with Gasteiger partial charge in [-0.15, -0.1) is 11.6 Å². The zero-order chi connectivity index (χ0) is 14.5. The van der Waals surface area contributed by atoms with Gasteiger partial charge in [0.05, 0.1) is 5.69 Å². The summed E-state index contributed by atoms with van der Waals surface area (Å²) < 4.78 is 1.90. The molecule has 5 heteroatoms. The number of nitrogens with zero attached hydrogens (tertiary/aromatic N) is 3. The summed E-state index contributed by atoms with van der Waals surface area (Å²) in [6.45, 7) is 7.40. The highest BCUT2D eigenvalue weighted by Crippen LogP contribution is 2.20. The van der Waals surface area contributed by atoms with Gasteiger partial charge in [-0.05, 0) is 24.3 Å². The molecule has 0 aliphatic heterocycles. The molecule has 0 fully saturated rings. The van der Waals surface area contributed by atoms with E-state index in [4.69, 9.17) is 11.6 Å². The molecule has 1 unspecified atom stereocenters. The van der Waals surface area contributed by atoms with Crippen molar-refractivity contribution in [3.05, 3.63) is 24.2 Å². The largest absolute Gasteiger partial charge is 0.368 e. The molecule has 0 bridgehead atoms. The molecule has 0 aromatic carbocycles. The number of nitrogens with one attached hydrogen (secondary N) is 1. The molecule has 1 N–H and O–H groups in total. The number of halogens is 1. The molecule has 2 aromatic heterocycles. The van der Waals surface area contributed by atoms with Crippen LogP contribution in [0.25, 0.3) is 5.52 Å². The molecule has 20 heavy (non-hydrogen) atoms. The fourth-order valence-corrected chi connectivity index (χ4v) is 2.51. The Hall–Kier alpha value is -1.29. The summed E-state index contributed by atoms with van der Waals surface area (Å²) in [5.41, 5.74) is 2.13. The SMILES string of the molecule is CCC(CCCl)CNc1nccn2nc(C(C)C)cc12. The van der Waals surface area contributed by atoms with E-state index < -0.39 is 0 Å². The minimum atomic E-state index is 0.419. The van der Waals surface area contributed by atoms with Gasteiger partial charge in [0, 0.05) is 24.8 Å². The van der Waals surface area contributed by atoms with Crippen molar-refractivity contribution < 1.29 is 0 Å². The summed E-state index contributed by atoms with van der Waals surface area (Å²) in [4.78, 5) is 4.44. The maximum atomic E-state index is 5.83. The van der Waals surface area contributed by atoms with Crippen LogP contribution in [0.15, 0.2) is 18.5 Å². The maximum absolute atomic E-state index is 5.83. The quantitative estimate of drug-likeness (QED) is 0.787. The number of alkyl halides is 1. The third kappa shape index (κ3) is 3.42. The Kier molecular flexibility index (Phi) is 5.24. The van der Waals surface area contributed by atoms with Crippen molar-refractivity contribution in [2.75, 3.05) is 17.7 Å². The van der Waals surface area contributed by atoms with Crippen LogP contribution >= 0.6 is 11.6 Å². The first-order valence-corrected chi connectivity index (χ1v) is 7.83. The van der Waals surface area contributed by atoms with Crippen molar-refractivity contribution in [3.8, 4) is 0 Å². The molecular weight excluding hydrogens is 272 g/mol. The van der Waals surface area contributed by atoms with E-state index >= 15 is 0 Å². The van der Waals surface area contributed by atoms with Gasteiger partial charge < -0.3 is 5.32 Å². The van der Waals surface area contributed by atoms with Crippen molar-refractivity contribution in [2.45, 2.75) is 39.5 Å². The summed E-state index contributed by atoms with van der Waals surface area (Å²) >= 11 is 5.83. The first-order chi connectivity index (χ1) is 9.65. The molecule has 0 aliphatic rings. The summed E-state index contributed by atoms with van der Waals surface area (Å²) in [5.74, 6) is 2.62. The molecule has 0 aliphatic carbocycles. The Morgan fingerprint density at radius 1 is 1.40 bits per heavy atom. The molecule has 2 rings (SSSR count). The lowest BCUT2D eigenvalue weighted by atomic mass is 10.0. The van der Waals surface area contributed by atoms with Crippen LogP contribution in [0.3, 0.4) is 0 Å². The molecule has 0 spiro atoms. The predicted octanol–water partition coefficient (Wildman–Crippen LogP) is 3.92. The number of fused-ring (bicyclic) bond motifs is 1. The van der Waals surface area contributed by atoms with Crippen LogP contribution in [-0.2, 0) is 0 Å². The van der Waals surface area contributed by atoms with Crippen molar-refractivity contribution in [3.63, 3.8) is 0 Å². The molecule has 2 aromatic rings. The highest BCUT2D eigenvalue weighted by atomic mass is 35.5. The van der Waals surface area contributed by atoms with Crippen LogP contribution in [0.4, 0.5) is 5.82 Å². The van der Waals surface area contributed by atoms with E-state index in [9.17, 15) is 0 Å². The first-order valence-electron chi connectivity index (χ1n) is 7.29. The third-order valence-corrected chi connectivity index (χ3v) is 3.87. The third-order valence-electron chi connectivity index (χ3n) is 3.65. The van der Waals surface area contributed by atoms with E-state index in [0.717, 1.165) is 36.4 Å². The van der Waals surface area contributed by atoms with Gasteiger partial charge in [0.2, 0.25) is 0 Å². The van der Waals surface area contributed by atoms with Crippen LogP contribution in [-0.4, -0.2) is 27.0 Å². The summed E-state index contributed by atoms with van der Waals surface area (Å²) in [6.07, 6.45) is 5.83. The molecule has 4 nitrogen and oxygen atoms in total. The lowest BCUT2D eigenvalue weighted by Crippen LogP contribution is -2.15. The number of rotatable bonds is 7. The smallest absolute Gasteiger partial charge is 0.152 e. The maximum Gasteiger partial charge on any atom is 0.152 e. The second-order valence-corrected chi connectivity index (χ2v) is 5.84. The van der Waals surface area contributed by atoms with Gasteiger partial charge >= 0.3 is 0 Å². The highest BCUT2D eigenvalue weighted by Gasteiger charge is 2.11. The van der Waals surface area contributed by atoms with Crippen LogP contribution in [0.2, 0.25) is 0 Å². The van der Waals surface area contributed by atoms with Crippen LogP contribution in [0.1, 0.15) is 45.2 Å². The fourth-order valence-electron chi connectivity index (χ4n) is 2.21. The second kappa shape index (κ2) is 6.93. The standard InChI is InChI=1S/C15H23ClN4/c1-4-12(5-6-16)10-18-15-14-9-13(11(2)3)19-20(14)8-7-17-15/h7-9,11-12H,4-6,10H2,1-3H3,(H,17,18). The van der Waals surface area contributed by atoms with E-state index in [1.54, 1.807) is 6.20 Å². The average Bonchev–Trinajstić information content (AvgIpc) is 2.88. The molecule has 0 saturated heterocycles. The van der Waals surface area contributed by atoms with E-state index in [2.05, 4.69) is 42.2 Å². The van der Waals surface area contributed by atoms with Gasteiger partial charge in [0.25, 0.3) is 0 Å². The lowest BCUT2D eigenvalue weighted by molar-refractivity contribution is 0.521. The Morgan fingerprint density at radius 3 is 2.85 bits per heavy atom. The molecule has 0 amide bonds. The zero-order valence-corrected chi connectivity index (χ0v) is 13.2. The van der Waals surface area contributed by atoms with E-state index in [0.29, 0.717) is 17.7 Å². The average molecular weight is 295 g/mol. The van der Waals surface area contributed by atoms with Gasteiger partial charge in [-0.25, -0.2) is 9.50 Å². The topological polar surface area (TPSA) is 42.2 Å². The molecule has 0 saturated carbocycles. The minimum absolute atomic E-state index is 0.419. The summed E-state index contributed by atoms with van der Waals surface area (Å²) in [6, 6.07) is 2.11. The number of hydrogen-bond acceptors (Lipinski definition) is 3. The Balaban J connectivity index is 2.17. The monoisotopic (exact) mass is 294 g/mol. The first kappa shape index (κ1) is 15.1. The second-order valence-electron chi connectivity index (χ2n) is 5.46. The Morgan fingerprint density at radius 2 is 2.20 bits per heavy atom. The number of hydrogen-bond donors (Lipinski definition) is 1. The number of anilines is 1. The van der Waals surface area contributed by atoms with Gasteiger partial charge in [0.1, 0.15) is 5.52 Å². The fraction of sp³-hybridized carbons (Fsp3) is 0.600. The molecule has 0 radical (unpaired) electrons. The summed E-state index contributed by atoms with van der Waals surface area (Å²) in [7, 11) is 0. The Bertz CT molecular complexity index is 550. The van der Waals surface area contributed by atoms with Crippen molar-refractivity contribution >= 4 is 22.9 Å². The highest BCUT2D eigenvalue weighted by molar-refractivity contribution is 6.17.